The monoisotopic (exact) mass is 368 g/mol. The summed E-state index contributed by atoms with van der Waals surface area (Å²) in [5.41, 5.74) is 6.53. The molecule has 0 unspecified atom stereocenters. The highest BCUT2D eigenvalue weighted by Crippen LogP contribution is 2.40. The Labute approximate surface area is 152 Å². The molecule has 0 amide bonds. The number of hydrogen-bond acceptors (Lipinski definition) is 5. The lowest BCUT2D eigenvalue weighted by Crippen LogP contribution is -2.41. The van der Waals surface area contributed by atoms with Gasteiger partial charge in [-0.15, -0.1) is 0 Å². The van der Waals surface area contributed by atoms with Gasteiger partial charge < -0.3 is 20.5 Å². The van der Waals surface area contributed by atoms with Crippen LogP contribution in [0.2, 0.25) is 0 Å². The van der Waals surface area contributed by atoms with Crippen LogP contribution in [0.1, 0.15) is 43.6 Å². The first-order valence-corrected chi connectivity index (χ1v) is 9.24. The van der Waals surface area contributed by atoms with Crippen molar-refractivity contribution in [3.63, 3.8) is 0 Å². The number of aldehydes is 1. The highest BCUT2D eigenvalue weighted by Gasteiger charge is 2.29. The number of benzene rings is 1. The predicted molar refractivity (Wildman–Crippen MR) is 93.2 cm³/mol. The third-order valence-electron chi connectivity index (χ3n) is 5.36. The fourth-order valence-electron chi connectivity index (χ4n) is 3.90. The minimum Gasteiger partial charge on any atom is -0.483 e. The number of carbonyl (C=O) groups is 1. The van der Waals surface area contributed by atoms with Gasteiger partial charge in [0.05, 0.1) is 12.7 Å². The molecule has 3 rings (SSSR count). The minimum absolute atomic E-state index is 0.00596. The van der Waals surface area contributed by atoms with E-state index in [1.807, 2.05) is 0 Å². The number of carbonyl (C=O) groups excluding carboxylic acids is 1. The number of nitrogens with one attached hydrogen (secondary N) is 1. The molecule has 1 saturated carbocycles. The zero-order valence-corrected chi connectivity index (χ0v) is 14.8. The summed E-state index contributed by atoms with van der Waals surface area (Å²) >= 11 is 0. The number of nitrogens with two attached hydrogens (primary N) is 1. The molecule has 0 bridgehead atoms. The Balaban J connectivity index is 1.58. The number of ether oxygens (including phenoxy) is 2. The summed E-state index contributed by atoms with van der Waals surface area (Å²) in [6, 6.07) is 2.44. The molecule has 144 valence electrons. The van der Waals surface area contributed by atoms with Gasteiger partial charge in [0.2, 0.25) is 0 Å². The second-order valence-corrected chi connectivity index (χ2v) is 7.10. The molecule has 1 aromatic rings. The van der Waals surface area contributed by atoms with Crippen molar-refractivity contribution in [2.24, 2.45) is 5.73 Å². The highest BCUT2D eigenvalue weighted by molar-refractivity contribution is 5.52. The zero-order valence-electron chi connectivity index (χ0n) is 14.8. The van der Waals surface area contributed by atoms with Gasteiger partial charge in [0.1, 0.15) is 12.4 Å². The van der Waals surface area contributed by atoms with Crippen LogP contribution < -0.4 is 15.8 Å². The Kier molecular flexibility index (Phi) is 6.56. The molecule has 1 saturated heterocycles. The fourth-order valence-corrected chi connectivity index (χ4v) is 3.90. The van der Waals surface area contributed by atoms with Crippen LogP contribution >= 0.6 is 0 Å². The van der Waals surface area contributed by atoms with E-state index in [-0.39, 0.29) is 36.5 Å². The summed E-state index contributed by atoms with van der Waals surface area (Å²) in [4.78, 5) is 10.5. The van der Waals surface area contributed by atoms with Crippen LogP contribution in [0, 0.1) is 11.6 Å². The van der Waals surface area contributed by atoms with E-state index in [9.17, 15) is 13.6 Å². The van der Waals surface area contributed by atoms with Crippen molar-refractivity contribution in [2.75, 3.05) is 19.8 Å². The first-order valence-electron chi connectivity index (χ1n) is 9.24. The first kappa shape index (κ1) is 19.2. The largest absolute Gasteiger partial charge is 0.483 e. The summed E-state index contributed by atoms with van der Waals surface area (Å²) in [6.45, 7) is 1.28. The molecule has 1 heterocycles. The van der Waals surface area contributed by atoms with E-state index in [2.05, 4.69) is 5.32 Å². The van der Waals surface area contributed by atoms with E-state index in [0.29, 0.717) is 18.5 Å². The highest BCUT2D eigenvalue weighted by atomic mass is 19.1. The second-order valence-electron chi connectivity index (χ2n) is 7.10. The summed E-state index contributed by atoms with van der Waals surface area (Å²) in [5, 5.41) is 3.34. The second kappa shape index (κ2) is 8.88. The topological polar surface area (TPSA) is 73.6 Å². The molecule has 5 nitrogen and oxygen atoms in total. The molecule has 1 aliphatic heterocycles. The van der Waals surface area contributed by atoms with E-state index in [1.54, 1.807) is 0 Å². The first-order chi connectivity index (χ1) is 12.6. The third-order valence-corrected chi connectivity index (χ3v) is 5.36. The van der Waals surface area contributed by atoms with Gasteiger partial charge in [-0.1, -0.05) is 0 Å². The van der Waals surface area contributed by atoms with Crippen LogP contribution in [-0.2, 0) is 9.53 Å². The molecule has 7 heteroatoms. The number of hydrogen-bond donors (Lipinski definition) is 2. The molecule has 3 N–H and O–H groups in total. The maximum absolute atomic E-state index is 14.1. The quantitative estimate of drug-likeness (QED) is 0.723. The molecule has 2 atom stereocenters. The van der Waals surface area contributed by atoms with Gasteiger partial charge in [-0.05, 0) is 50.6 Å². The molecule has 0 radical (unpaired) electrons. The molecule has 1 aromatic carbocycles. The van der Waals surface area contributed by atoms with Crippen molar-refractivity contribution in [1.29, 1.82) is 0 Å². The van der Waals surface area contributed by atoms with Crippen LogP contribution in [0.25, 0.3) is 0 Å². The Morgan fingerprint density at radius 3 is 2.62 bits per heavy atom. The SMILES string of the molecule is N[C@H]1CCN[C@H]1COC1CCC(c2cc(F)cc(F)c2OCC=O)CC1. The molecule has 2 fully saturated rings. The molecule has 1 aliphatic carbocycles. The van der Waals surface area contributed by atoms with Crippen molar-refractivity contribution < 1.29 is 23.0 Å². The van der Waals surface area contributed by atoms with Gasteiger partial charge in [0.25, 0.3) is 0 Å². The maximum Gasteiger partial charge on any atom is 0.168 e. The molecule has 2 aliphatic rings. The Bertz CT molecular complexity index is 621. The standard InChI is InChI=1S/C19H26F2N2O3/c20-13-9-15(19(16(21)10-13)25-8-7-24)12-1-3-14(4-2-12)26-11-18-17(22)5-6-23-18/h7,9-10,12,14,17-18,23H,1-6,8,11,22H2/t12?,14?,17-,18-/m0/s1. The van der Waals surface area contributed by atoms with Gasteiger partial charge in [0.15, 0.2) is 17.9 Å². The molecular weight excluding hydrogens is 342 g/mol. The predicted octanol–water partition coefficient (Wildman–Crippen LogP) is 2.27. The van der Waals surface area contributed by atoms with Gasteiger partial charge in [0, 0.05) is 23.7 Å². The lowest BCUT2D eigenvalue weighted by molar-refractivity contribution is -0.109. The van der Waals surface area contributed by atoms with E-state index < -0.39 is 11.6 Å². The molecule has 26 heavy (non-hydrogen) atoms. The van der Waals surface area contributed by atoms with Gasteiger partial charge >= 0.3 is 0 Å². The van der Waals surface area contributed by atoms with Crippen LogP contribution in [0.15, 0.2) is 12.1 Å². The van der Waals surface area contributed by atoms with Crippen LogP contribution in [-0.4, -0.2) is 44.2 Å². The average molecular weight is 368 g/mol. The normalized spacial score (nSPS) is 28.9. The zero-order chi connectivity index (χ0) is 18.5. The van der Waals surface area contributed by atoms with Crippen LogP contribution in [0.5, 0.6) is 5.75 Å². The van der Waals surface area contributed by atoms with Crippen LogP contribution in [0.3, 0.4) is 0 Å². The summed E-state index contributed by atoms with van der Waals surface area (Å²) in [5.74, 6) is -1.41. The van der Waals surface area contributed by atoms with Gasteiger partial charge in [-0.25, -0.2) is 8.78 Å². The lowest BCUT2D eigenvalue weighted by Gasteiger charge is -2.31. The summed E-state index contributed by atoms with van der Waals surface area (Å²) in [6.07, 6.45) is 4.81. The van der Waals surface area contributed by atoms with Crippen molar-refractivity contribution in [3.8, 4) is 5.75 Å². The number of halogens is 2. The van der Waals surface area contributed by atoms with Crippen molar-refractivity contribution in [3.05, 3.63) is 29.3 Å². The maximum atomic E-state index is 14.1. The summed E-state index contributed by atoms with van der Waals surface area (Å²) < 4.78 is 39.0. The fraction of sp³-hybridized carbons (Fsp3) is 0.632. The van der Waals surface area contributed by atoms with Crippen molar-refractivity contribution in [1.82, 2.24) is 5.32 Å². The van der Waals surface area contributed by atoms with E-state index >= 15 is 0 Å². The van der Waals surface area contributed by atoms with E-state index in [1.165, 1.54) is 6.07 Å². The average Bonchev–Trinajstić information content (AvgIpc) is 3.04. The minimum atomic E-state index is -0.762. The Morgan fingerprint density at radius 1 is 1.19 bits per heavy atom. The van der Waals surface area contributed by atoms with Gasteiger partial charge in [-0.3, -0.25) is 4.79 Å². The van der Waals surface area contributed by atoms with Gasteiger partial charge in [-0.2, -0.15) is 0 Å². The van der Waals surface area contributed by atoms with Crippen molar-refractivity contribution >= 4 is 6.29 Å². The summed E-state index contributed by atoms with van der Waals surface area (Å²) in [7, 11) is 0. The molecule has 0 spiro atoms. The third kappa shape index (κ3) is 4.58. The molecular formula is C19H26F2N2O3. The Morgan fingerprint density at radius 2 is 1.96 bits per heavy atom. The van der Waals surface area contributed by atoms with E-state index in [4.69, 9.17) is 15.2 Å². The van der Waals surface area contributed by atoms with Crippen LogP contribution in [0.4, 0.5) is 8.78 Å². The smallest absolute Gasteiger partial charge is 0.168 e. The number of rotatable bonds is 7. The Hall–Kier alpha value is -1.57. The van der Waals surface area contributed by atoms with Crippen molar-refractivity contribution in [2.45, 2.75) is 56.2 Å². The molecule has 0 aromatic heterocycles. The lowest BCUT2D eigenvalue weighted by atomic mass is 9.82. The van der Waals surface area contributed by atoms with E-state index in [0.717, 1.165) is 44.7 Å².